The molecule has 0 bridgehead atoms. The van der Waals surface area contributed by atoms with E-state index in [1.165, 1.54) is 48.5 Å². The summed E-state index contributed by atoms with van der Waals surface area (Å²) in [6.07, 6.45) is 0. The van der Waals surface area contributed by atoms with Gasteiger partial charge in [-0.05, 0) is 54.6 Å². The Morgan fingerprint density at radius 1 is 1.03 bits per heavy atom. The predicted molar refractivity (Wildman–Crippen MR) is 115 cm³/mol. The van der Waals surface area contributed by atoms with Gasteiger partial charge in [0.2, 0.25) is 5.91 Å². The van der Waals surface area contributed by atoms with Crippen LogP contribution in [0.5, 0.6) is 0 Å². The molecule has 0 unspecified atom stereocenters. The molecule has 3 aromatic carbocycles. The van der Waals surface area contributed by atoms with Crippen molar-refractivity contribution >= 4 is 54.8 Å². The fourth-order valence-electron chi connectivity index (χ4n) is 2.55. The number of hydrogen-bond acceptors (Lipinski definition) is 3. The first-order valence-corrected chi connectivity index (χ1v) is 11.0. The maximum absolute atomic E-state index is 14.0. The number of hydrogen-bond donors (Lipinski definition) is 1. The number of amides is 1. The maximum atomic E-state index is 14.0. The standard InChI is InChI=1S/C20H15BrClFN2O3S/c21-14-6-11-19(18(23)12-14)24-20(26)13-25(16-9-7-15(22)8-10-16)29(27,28)17-4-2-1-3-5-17/h1-12H,13H2,(H,24,26). The molecule has 29 heavy (non-hydrogen) atoms. The average molecular weight is 498 g/mol. The number of carbonyl (C=O) groups excluding carboxylic acids is 1. The highest BCUT2D eigenvalue weighted by Gasteiger charge is 2.27. The Morgan fingerprint density at radius 2 is 1.69 bits per heavy atom. The van der Waals surface area contributed by atoms with E-state index in [1.807, 2.05) is 0 Å². The Morgan fingerprint density at radius 3 is 2.31 bits per heavy atom. The molecule has 0 aromatic heterocycles. The summed E-state index contributed by atoms with van der Waals surface area (Å²) in [4.78, 5) is 12.6. The van der Waals surface area contributed by atoms with Crippen molar-refractivity contribution in [2.24, 2.45) is 0 Å². The van der Waals surface area contributed by atoms with Crippen LogP contribution in [0.2, 0.25) is 5.02 Å². The van der Waals surface area contributed by atoms with E-state index in [2.05, 4.69) is 21.2 Å². The first-order chi connectivity index (χ1) is 13.8. The molecule has 3 aromatic rings. The minimum Gasteiger partial charge on any atom is -0.322 e. The van der Waals surface area contributed by atoms with Crippen LogP contribution in [0.1, 0.15) is 0 Å². The van der Waals surface area contributed by atoms with Crippen molar-refractivity contribution in [2.45, 2.75) is 4.90 Å². The fourth-order valence-corrected chi connectivity index (χ4v) is 4.45. The van der Waals surface area contributed by atoms with Crippen molar-refractivity contribution < 1.29 is 17.6 Å². The lowest BCUT2D eigenvalue weighted by atomic mass is 10.3. The number of nitrogens with zero attached hydrogens (tertiary/aromatic N) is 1. The Kier molecular flexibility index (Phi) is 6.56. The molecule has 0 aliphatic rings. The molecule has 0 heterocycles. The van der Waals surface area contributed by atoms with Crippen LogP contribution in [0.25, 0.3) is 0 Å². The van der Waals surface area contributed by atoms with Gasteiger partial charge in [-0.2, -0.15) is 0 Å². The minimum atomic E-state index is -4.04. The second-order valence-electron chi connectivity index (χ2n) is 5.97. The van der Waals surface area contributed by atoms with E-state index in [0.29, 0.717) is 9.50 Å². The van der Waals surface area contributed by atoms with Gasteiger partial charge in [0.15, 0.2) is 0 Å². The van der Waals surface area contributed by atoms with Crippen LogP contribution in [0.15, 0.2) is 82.2 Å². The fraction of sp³-hybridized carbons (Fsp3) is 0.0500. The highest BCUT2D eigenvalue weighted by molar-refractivity contribution is 9.10. The second kappa shape index (κ2) is 8.94. The molecule has 0 aliphatic carbocycles. The number of anilines is 2. The Hall–Kier alpha value is -2.42. The normalized spacial score (nSPS) is 11.1. The molecule has 0 atom stereocenters. The number of sulfonamides is 1. The van der Waals surface area contributed by atoms with Crippen molar-refractivity contribution in [2.75, 3.05) is 16.2 Å². The van der Waals surface area contributed by atoms with Crippen molar-refractivity contribution in [3.8, 4) is 0 Å². The van der Waals surface area contributed by atoms with Crippen LogP contribution < -0.4 is 9.62 Å². The molecule has 1 amide bonds. The van der Waals surface area contributed by atoms with Crippen LogP contribution in [0.4, 0.5) is 15.8 Å². The molecule has 0 saturated carbocycles. The quantitative estimate of drug-likeness (QED) is 0.517. The largest absolute Gasteiger partial charge is 0.322 e. The molecule has 0 radical (unpaired) electrons. The van der Waals surface area contributed by atoms with Gasteiger partial charge in [-0.15, -0.1) is 0 Å². The summed E-state index contributed by atoms with van der Waals surface area (Å²) in [5, 5.41) is 2.83. The van der Waals surface area contributed by atoms with Crippen LogP contribution in [-0.2, 0) is 14.8 Å². The molecular weight excluding hydrogens is 483 g/mol. The lowest BCUT2D eigenvalue weighted by Gasteiger charge is -2.24. The monoisotopic (exact) mass is 496 g/mol. The van der Waals surface area contributed by atoms with Crippen LogP contribution in [-0.4, -0.2) is 20.9 Å². The van der Waals surface area contributed by atoms with Gasteiger partial charge in [0.05, 0.1) is 16.3 Å². The first kappa shape index (κ1) is 21.3. The lowest BCUT2D eigenvalue weighted by molar-refractivity contribution is -0.114. The third-order valence-corrected chi connectivity index (χ3v) is 6.47. The number of rotatable bonds is 6. The number of halogens is 3. The zero-order chi connectivity index (χ0) is 21.0. The van der Waals surface area contributed by atoms with Crippen molar-refractivity contribution in [1.29, 1.82) is 0 Å². The molecule has 1 N–H and O–H groups in total. The average Bonchev–Trinajstić information content (AvgIpc) is 2.70. The van der Waals surface area contributed by atoms with Crippen LogP contribution >= 0.6 is 27.5 Å². The summed E-state index contributed by atoms with van der Waals surface area (Å²) in [5.41, 5.74) is 0.205. The third kappa shape index (κ3) is 5.14. The number of nitrogens with one attached hydrogen (secondary N) is 1. The Balaban J connectivity index is 1.93. The SMILES string of the molecule is O=C(CN(c1ccc(Cl)cc1)S(=O)(=O)c1ccccc1)Nc1ccc(Br)cc1F. The highest BCUT2D eigenvalue weighted by Crippen LogP contribution is 2.26. The zero-order valence-corrected chi connectivity index (χ0v) is 18.0. The first-order valence-electron chi connectivity index (χ1n) is 8.35. The second-order valence-corrected chi connectivity index (χ2v) is 9.19. The van der Waals surface area contributed by atoms with Gasteiger partial charge in [0.25, 0.3) is 10.0 Å². The van der Waals surface area contributed by atoms with E-state index in [-0.39, 0.29) is 16.3 Å². The van der Waals surface area contributed by atoms with Gasteiger partial charge in [0.1, 0.15) is 12.4 Å². The maximum Gasteiger partial charge on any atom is 0.264 e. The zero-order valence-electron chi connectivity index (χ0n) is 14.8. The molecule has 3 rings (SSSR count). The summed E-state index contributed by atoms with van der Waals surface area (Å²) in [7, 11) is -4.04. The highest BCUT2D eigenvalue weighted by atomic mass is 79.9. The summed E-state index contributed by atoms with van der Waals surface area (Å²) in [6.45, 7) is -0.547. The molecule has 0 saturated heterocycles. The molecule has 0 fully saturated rings. The summed E-state index contributed by atoms with van der Waals surface area (Å²) >= 11 is 9.04. The van der Waals surface area contributed by atoms with Crippen LogP contribution in [0, 0.1) is 5.82 Å². The van der Waals surface area contributed by atoms with E-state index >= 15 is 0 Å². The summed E-state index contributed by atoms with van der Waals surface area (Å²) in [6, 6.07) is 17.9. The van der Waals surface area contributed by atoms with E-state index in [9.17, 15) is 17.6 Å². The van der Waals surface area contributed by atoms with Gasteiger partial charge in [-0.1, -0.05) is 45.7 Å². The third-order valence-electron chi connectivity index (χ3n) is 3.94. The lowest BCUT2D eigenvalue weighted by Crippen LogP contribution is -2.38. The predicted octanol–water partition coefficient (Wildman–Crippen LogP) is 5.08. The molecule has 0 spiro atoms. The van der Waals surface area contributed by atoms with E-state index in [0.717, 1.165) is 4.31 Å². The smallest absolute Gasteiger partial charge is 0.264 e. The van der Waals surface area contributed by atoms with Gasteiger partial charge in [-0.3, -0.25) is 9.10 Å². The summed E-state index contributed by atoms with van der Waals surface area (Å²) in [5.74, 6) is -1.34. The van der Waals surface area contributed by atoms with Crippen LogP contribution in [0.3, 0.4) is 0 Å². The van der Waals surface area contributed by atoms with Crippen molar-refractivity contribution in [1.82, 2.24) is 0 Å². The van der Waals surface area contributed by atoms with E-state index in [1.54, 1.807) is 24.3 Å². The van der Waals surface area contributed by atoms with Gasteiger partial charge < -0.3 is 5.32 Å². The van der Waals surface area contributed by atoms with Gasteiger partial charge in [0, 0.05) is 9.50 Å². The Bertz CT molecular complexity index is 1130. The molecule has 9 heteroatoms. The van der Waals surface area contributed by atoms with E-state index < -0.39 is 28.3 Å². The summed E-state index contributed by atoms with van der Waals surface area (Å²) < 4.78 is 41.8. The minimum absolute atomic E-state index is 0.0255. The van der Waals surface area contributed by atoms with E-state index in [4.69, 9.17) is 11.6 Å². The Labute approximate surface area is 181 Å². The molecule has 5 nitrogen and oxygen atoms in total. The number of benzene rings is 3. The van der Waals surface area contributed by atoms with Gasteiger partial charge >= 0.3 is 0 Å². The van der Waals surface area contributed by atoms with Crippen molar-refractivity contribution in [3.05, 3.63) is 88.1 Å². The van der Waals surface area contributed by atoms with Crippen molar-refractivity contribution in [3.63, 3.8) is 0 Å². The molecular formula is C20H15BrClFN2O3S. The van der Waals surface area contributed by atoms with Gasteiger partial charge in [-0.25, -0.2) is 12.8 Å². The topological polar surface area (TPSA) is 66.5 Å². The number of carbonyl (C=O) groups is 1. The molecule has 0 aliphatic heterocycles. The molecule has 150 valence electrons.